The van der Waals surface area contributed by atoms with Crippen molar-refractivity contribution in [3.05, 3.63) is 58.7 Å². The summed E-state index contributed by atoms with van der Waals surface area (Å²) in [7, 11) is 3.34. The zero-order valence-electron chi connectivity index (χ0n) is 14.4. The number of methoxy groups -OCH3 is 2. The fourth-order valence-corrected chi connectivity index (χ4v) is 3.39. The number of hydrogen-bond acceptors (Lipinski definition) is 4. The standard InChI is InChI=1S/C20H22N2O2/c1-14-18-11-20(24-3)19(23-2)10-17(18)7-8-22(14)13-16-6-4-5-15(9-16)12-21/h4-6,9-11,14H,7-8,13H2,1-3H3/t14-/m0/s1. The Balaban J connectivity index is 1.86. The molecule has 2 aromatic carbocycles. The van der Waals surface area contributed by atoms with Crippen molar-refractivity contribution in [1.29, 1.82) is 5.26 Å². The van der Waals surface area contributed by atoms with Crippen LogP contribution in [0.2, 0.25) is 0 Å². The molecule has 0 spiro atoms. The van der Waals surface area contributed by atoms with Crippen molar-refractivity contribution in [1.82, 2.24) is 4.90 Å². The summed E-state index contributed by atoms with van der Waals surface area (Å²) in [6.45, 7) is 4.04. The number of fused-ring (bicyclic) bond motifs is 1. The van der Waals surface area contributed by atoms with Gasteiger partial charge in [-0.25, -0.2) is 0 Å². The highest BCUT2D eigenvalue weighted by Crippen LogP contribution is 2.38. The van der Waals surface area contributed by atoms with Gasteiger partial charge in [0.15, 0.2) is 11.5 Å². The number of nitriles is 1. The molecule has 1 aliphatic heterocycles. The van der Waals surface area contributed by atoms with E-state index in [0.717, 1.165) is 31.0 Å². The number of nitrogens with zero attached hydrogens (tertiary/aromatic N) is 2. The molecule has 0 fully saturated rings. The van der Waals surface area contributed by atoms with Gasteiger partial charge in [-0.05, 0) is 54.3 Å². The van der Waals surface area contributed by atoms with Gasteiger partial charge in [0.2, 0.25) is 0 Å². The van der Waals surface area contributed by atoms with Crippen LogP contribution in [0, 0.1) is 11.3 Å². The average molecular weight is 322 g/mol. The highest BCUT2D eigenvalue weighted by Gasteiger charge is 2.25. The maximum Gasteiger partial charge on any atom is 0.161 e. The zero-order valence-corrected chi connectivity index (χ0v) is 14.4. The third-order valence-corrected chi connectivity index (χ3v) is 4.75. The van der Waals surface area contributed by atoms with Gasteiger partial charge >= 0.3 is 0 Å². The lowest BCUT2D eigenvalue weighted by Gasteiger charge is -2.35. The Kier molecular flexibility index (Phi) is 4.73. The second-order valence-electron chi connectivity index (χ2n) is 6.11. The normalized spacial score (nSPS) is 17.0. The van der Waals surface area contributed by atoms with E-state index >= 15 is 0 Å². The first-order chi connectivity index (χ1) is 11.7. The molecule has 2 aromatic rings. The summed E-state index contributed by atoms with van der Waals surface area (Å²) in [5, 5.41) is 9.07. The molecular formula is C20H22N2O2. The zero-order chi connectivity index (χ0) is 17.1. The molecule has 0 bridgehead atoms. The molecule has 124 valence electrons. The SMILES string of the molecule is COc1cc2c(cc1OC)[C@H](C)N(Cc1cccc(C#N)c1)CC2. The number of rotatable bonds is 4. The Bertz CT molecular complexity index is 780. The Morgan fingerprint density at radius 2 is 1.92 bits per heavy atom. The van der Waals surface area contributed by atoms with Gasteiger partial charge in [0.05, 0.1) is 25.9 Å². The van der Waals surface area contributed by atoms with Gasteiger partial charge in [-0.1, -0.05) is 12.1 Å². The van der Waals surface area contributed by atoms with Crippen molar-refractivity contribution in [3.63, 3.8) is 0 Å². The van der Waals surface area contributed by atoms with Crippen LogP contribution in [0.5, 0.6) is 11.5 Å². The maximum atomic E-state index is 9.07. The third-order valence-electron chi connectivity index (χ3n) is 4.75. The summed E-state index contributed by atoms with van der Waals surface area (Å²) < 4.78 is 10.9. The second kappa shape index (κ2) is 6.94. The molecule has 1 heterocycles. The van der Waals surface area contributed by atoms with Gasteiger partial charge in [-0.2, -0.15) is 5.26 Å². The summed E-state index contributed by atoms with van der Waals surface area (Å²) in [4.78, 5) is 2.44. The molecule has 0 N–H and O–H groups in total. The maximum absolute atomic E-state index is 9.07. The van der Waals surface area contributed by atoms with E-state index < -0.39 is 0 Å². The van der Waals surface area contributed by atoms with Gasteiger partial charge < -0.3 is 9.47 Å². The summed E-state index contributed by atoms with van der Waals surface area (Å²) in [5.74, 6) is 1.56. The summed E-state index contributed by atoms with van der Waals surface area (Å²) in [6, 6.07) is 14.5. The van der Waals surface area contributed by atoms with Crippen LogP contribution < -0.4 is 9.47 Å². The Morgan fingerprint density at radius 1 is 1.17 bits per heavy atom. The first-order valence-corrected chi connectivity index (χ1v) is 8.14. The number of ether oxygens (including phenoxy) is 2. The Morgan fingerprint density at radius 3 is 2.62 bits per heavy atom. The van der Waals surface area contributed by atoms with Crippen molar-refractivity contribution < 1.29 is 9.47 Å². The van der Waals surface area contributed by atoms with Crippen LogP contribution in [-0.4, -0.2) is 25.7 Å². The van der Waals surface area contributed by atoms with E-state index in [1.807, 2.05) is 18.2 Å². The number of benzene rings is 2. The second-order valence-corrected chi connectivity index (χ2v) is 6.11. The summed E-state index contributed by atoms with van der Waals surface area (Å²) >= 11 is 0. The van der Waals surface area contributed by atoms with E-state index in [9.17, 15) is 0 Å². The molecular weight excluding hydrogens is 300 g/mol. The van der Waals surface area contributed by atoms with Crippen LogP contribution in [0.1, 0.15) is 35.2 Å². The quantitative estimate of drug-likeness (QED) is 0.861. The summed E-state index contributed by atoms with van der Waals surface area (Å²) in [6.07, 6.45) is 0.984. The van der Waals surface area contributed by atoms with Gasteiger partial charge in [-0.15, -0.1) is 0 Å². The van der Waals surface area contributed by atoms with Gasteiger partial charge in [-0.3, -0.25) is 4.90 Å². The van der Waals surface area contributed by atoms with Crippen molar-refractivity contribution >= 4 is 0 Å². The fraction of sp³-hybridized carbons (Fsp3) is 0.350. The molecule has 0 saturated carbocycles. The Labute approximate surface area is 143 Å². The molecule has 3 rings (SSSR count). The highest BCUT2D eigenvalue weighted by molar-refractivity contribution is 5.49. The number of hydrogen-bond donors (Lipinski definition) is 0. The molecule has 0 saturated heterocycles. The van der Waals surface area contributed by atoms with Crippen LogP contribution in [0.15, 0.2) is 36.4 Å². The first-order valence-electron chi connectivity index (χ1n) is 8.14. The minimum Gasteiger partial charge on any atom is -0.493 e. The lowest BCUT2D eigenvalue weighted by Crippen LogP contribution is -2.33. The topological polar surface area (TPSA) is 45.5 Å². The summed E-state index contributed by atoms with van der Waals surface area (Å²) in [5.41, 5.74) is 4.49. The highest BCUT2D eigenvalue weighted by atomic mass is 16.5. The molecule has 24 heavy (non-hydrogen) atoms. The first kappa shape index (κ1) is 16.4. The predicted octanol–water partition coefficient (Wildman–Crippen LogP) is 3.69. The molecule has 1 atom stereocenters. The van der Waals surface area contributed by atoms with Crippen molar-refractivity contribution in [2.24, 2.45) is 0 Å². The van der Waals surface area contributed by atoms with Gasteiger partial charge in [0.25, 0.3) is 0 Å². The molecule has 0 aliphatic carbocycles. The minimum absolute atomic E-state index is 0.291. The van der Waals surface area contributed by atoms with Crippen LogP contribution >= 0.6 is 0 Å². The van der Waals surface area contributed by atoms with Crippen molar-refractivity contribution in [2.45, 2.75) is 25.9 Å². The largest absolute Gasteiger partial charge is 0.493 e. The van der Waals surface area contributed by atoms with E-state index in [1.54, 1.807) is 14.2 Å². The fourth-order valence-electron chi connectivity index (χ4n) is 3.39. The molecule has 4 nitrogen and oxygen atoms in total. The lowest BCUT2D eigenvalue weighted by atomic mass is 9.92. The molecule has 0 aromatic heterocycles. The van der Waals surface area contributed by atoms with Crippen LogP contribution in [0.25, 0.3) is 0 Å². The predicted molar refractivity (Wildman–Crippen MR) is 93.2 cm³/mol. The van der Waals surface area contributed by atoms with Gasteiger partial charge in [0, 0.05) is 19.1 Å². The monoisotopic (exact) mass is 322 g/mol. The Hall–Kier alpha value is -2.51. The van der Waals surface area contributed by atoms with Gasteiger partial charge in [0.1, 0.15) is 0 Å². The molecule has 0 radical (unpaired) electrons. The average Bonchev–Trinajstić information content (AvgIpc) is 2.63. The van der Waals surface area contributed by atoms with Crippen LogP contribution in [-0.2, 0) is 13.0 Å². The minimum atomic E-state index is 0.291. The van der Waals surface area contributed by atoms with E-state index in [2.05, 4.69) is 36.1 Å². The van der Waals surface area contributed by atoms with Crippen LogP contribution in [0.4, 0.5) is 0 Å². The lowest BCUT2D eigenvalue weighted by molar-refractivity contribution is 0.189. The molecule has 0 amide bonds. The van der Waals surface area contributed by atoms with E-state index in [1.165, 1.54) is 16.7 Å². The molecule has 1 aliphatic rings. The molecule has 0 unspecified atom stereocenters. The smallest absolute Gasteiger partial charge is 0.161 e. The van der Waals surface area contributed by atoms with E-state index in [4.69, 9.17) is 14.7 Å². The van der Waals surface area contributed by atoms with E-state index in [0.29, 0.717) is 11.6 Å². The van der Waals surface area contributed by atoms with E-state index in [-0.39, 0.29) is 0 Å². The van der Waals surface area contributed by atoms with Crippen molar-refractivity contribution in [2.75, 3.05) is 20.8 Å². The third kappa shape index (κ3) is 3.08. The van der Waals surface area contributed by atoms with Crippen molar-refractivity contribution in [3.8, 4) is 17.6 Å². The molecule has 4 heteroatoms. The van der Waals surface area contributed by atoms with Crippen LogP contribution in [0.3, 0.4) is 0 Å².